The van der Waals surface area contributed by atoms with Gasteiger partial charge in [0.15, 0.2) is 0 Å². The number of hydrogen-bond donors (Lipinski definition) is 1. The average molecular weight is 264 g/mol. The predicted octanol–water partition coefficient (Wildman–Crippen LogP) is 1.06. The van der Waals surface area contributed by atoms with Crippen molar-refractivity contribution in [2.75, 3.05) is 6.61 Å². The number of rotatable bonds is 5. The van der Waals surface area contributed by atoms with E-state index < -0.39 is 23.2 Å². The lowest BCUT2D eigenvalue weighted by molar-refractivity contribution is -0.385. The standard InChI is InChI=1S/C12H12N2O5/c1-2-19-11(16)5-10-9(7-15)4-3-8(6-13)12(10)14(17)18/h3-4,15H,2,5,7H2,1H3. The first-order chi connectivity index (χ1) is 9.04. The summed E-state index contributed by atoms with van der Waals surface area (Å²) in [5, 5.41) is 29.1. The Bertz CT molecular complexity index is 548. The molecule has 19 heavy (non-hydrogen) atoms. The Kier molecular flexibility index (Phi) is 4.97. The van der Waals surface area contributed by atoms with E-state index >= 15 is 0 Å². The number of carbonyl (C=O) groups is 1. The molecular weight excluding hydrogens is 252 g/mol. The normalized spacial score (nSPS) is 9.74. The van der Waals surface area contributed by atoms with Crippen LogP contribution in [0.15, 0.2) is 12.1 Å². The van der Waals surface area contributed by atoms with Crippen molar-refractivity contribution in [1.82, 2.24) is 0 Å². The molecule has 0 aliphatic heterocycles. The fraction of sp³-hybridized carbons (Fsp3) is 0.333. The highest BCUT2D eigenvalue weighted by Gasteiger charge is 2.25. The lowest BCUT2D eigenvalue weighted by Gasteiger charge is -2.08. The van der Waals surface area contributed by atoms with Crippen molar-refractivity contribution < 1.29 is 19.6 Å². The Morgan fingerprint density at radius 3 is 2.74 bits per heavy atom. The molecule has 0 bridgehead atoms. The second-order valence-corrected chi connectivity index (χ2v) is 3.61. The number of benzene rings is 1. The van der Waals surface area contributed by atoms with Crippen molar-refractivity contribution >= 4 is 11.7 Å². The third-order valence-corrected chi connectivity index (χ3v) is 2.48. The van der Waals surface area contributed by atoms with Crippen molar-refractivity contribution in [3.05, 3.63) is 38.9 Å². The number of aliphatic hydroxyl groups is 1. The Labute approximate surface area is 109 Å². The molecule has 100 valence electrons. The lowest BCUT2D eigenvalue weighted by atomic mass is 9.99. The van der Waals surface area contributed by atoms with Crippen LogP contribution in [0.4, 0.5) is 5.69 Å². The third-order valence-electron chi connectivity index (χ3n) is 2.48. The van der Waals surface area contributed by atoms with Crippen LogP contribution < -0.4 is 0 Å². The summed E-state index contributed by atoms with van der Waals surface area (Å²) in [5.41, 5.74) is -0.354. The van der Waals surface area contributed by atoms with E-state index in [2.05, 4.69) is 0 Å². The van der Waals surface area contributed by atoms with Crippen molar-refractivity contribution in [1.29, 1.82) is 5.26 Å². The molecule has 7 heteroatoms. The summed E-state index contributed by atoms with van der Waals surface area (Å²) in [7, 11) is 0. The van der Waals surface area contributed by atoms with Gasteiger partial charge < -0.3 is 9.84 Å². The van der Waals surface area contributed by atoms with Gasteiger partial charge in [-0.3, -0.25) is 14.9 Å². The zero-order chi connectivity index (χ0) is 14.4. The molecule has 0 aromatic heterocycles. The van der Waals surface area contributed by atoms with Gasteiger partial charge in [-0.15, -0.1) is 0 Å². The molecule has 0 amide bonds. The number of esters is 1. The maximum atomic E-state index is 11.4. The van der Waals surface area contributed by atoms with Crippen molar-refractivity contribution in [2.45, 2.75) is 20.0 Å². The van der Waals surface area contributed by atoms with Crippen LogP contribution in [0.25, 0.3) is 0 Å². The van der Waals surface area contributed by atoms with Crippen LogP contribution in [0, 0.1) is 21.4 Å². The Balaban J connectivity index is 3.35. The number of hydrogen-bond acceptors (Lipinski definition) is 6. The minimum absolute atomic E-state index is 0.0185. The number of nitro benzene ring substituents is 1. The number of nitrogens with zero attached hydrogens (tertiary/aromatic N) is 2. The van der Waals surface area contributed by atoms with Crippen molar-refractivity contribution in [3.63, 3.8) is 0 Å². The maximum absolute atomic E-state index is 11.4. The summed E-state index contributed by atoms with van der Waals surface area (Å²) in [5.74, 6) is -0.643. The highest BCUT2D eigenvalue weighted by atomic mass is 16.6. The number of carbonyl (C=O) groups excluding carboxylic acids is 1. The monoisotopic (exact) mass is 264 g/mol. The average Bonchev–Trinajstić information content (AvgIpc) is 2.37. The van der Waals surface area contributed by atoms with Gasteiger partial charge in [-0.25, -0.2) is 0 Å². The molecule has 1 aromatic carbocycles. The van der Waals surface area contributed by atoms with E-state index in [0.29, 0.717) is 0 Å². The summed E-state index contributed by atoms with van der Waals surface area (Å²) in [6.45, 7) is 1.31. The van der Waals surface area contributed by atoms with Gasteiger partial charge in [0.2, 0.25) is 0 Å². The molecule has 7 nitrogen and oxygen atoms in total. The Morgan fingerprint density at radius 1 is 1.58 bits per heavy atom. The Hall–Kier alpha value is -2.46. The van der Waals surface area contributed by atoms with E-state index in [9.17, 15) is 20.0 Å². The van der Waals surface area contributed by atoms with Crippen LogP contribution in [-0.2, 0) is 22.6 Å². The summed E-state index contributed by atoms with van der Waals surface area (Å²) in [6, 6.07) is 4.34. The van der Waals surface area contributed by atoms with Gasteiger partial charge in [0.1, 0.15) is 11.6 Å². The third kappa shape index (κ3) is 3.26. The Morgan fingerprint density at radius 2 is 2.26 bits per heavy atom. The van der Waals surface area contributed by atoms with Crippen LogP contribution >= 0.6 is 0 Å². The zero-order valence-electron chi connectivity index (χ0n) is 10.3. The van der Waals surface area contributed by atoms with E-state index in [1.165, 1.54) is 12.1 Å². The first-order valence-electron chi connectivity index (χ1n) is 5.50. The summed E-state index contributed by atoms with van der Waals surface area (Å²) < 4.78 is 4.73. The number of aliphatic hydroxyl groups excluding tert-OH is 1. The second-order valence-electron chi connectivity index (χ2n) is 3.61. The topological polar surface area (TPSA) is 113 Å². The van der Waals surface area contributed by atoms with Gasteiger partial charge >= 0.3 is 5.97 Å². The minimum atomic E-state index is -0.730. The van der Waals surface area contributed by atoms with Gasteiger partial charge in [0.25, 0.3) is 5.69 Å². The molecule has 0 fully saturated rings. The van der Waals surface area contributed by atoms with Crippen molar-refractivity contribution in [3.8, 4) is 6.07 Å². The van der Waals surface area contributed by atoms with Gasteiger partial charge in [-0.05, 0) is 18.6 Å². The van der Waals surface area contributed by atoms with Gasteiger partial charge in [0.05, 0.1) is 24.6 Å². The molecule has 0 unspecified atom stereocenters. The zero-order valence-corrected chi connectivity index (χ0v) is 10.3. The van der Waals surface area contributed by atoms with Gasteiger partial charge in [0, 0.05) is 5.56 Å². The second kappa shape index (κ2) is 6.47. The maximum Gasteiger partial charge on any atom is 0.310 e. The first-order valence-corrected chi connectivity index (χ1v) is 5.50. The number of nitro groups is 1. The molecule has 0 saturated carbocycles. The quantitative estimate of drug-likeness (QED) is 0.483. The van der Waals surface area contributed by atoms with Gasteiger partial charge in [-0.1, -0.05) is 6.07 Å². The molecule has 0 aliphatic rings. The first kappa shape index (κ1) is 14.6. The fourth-order valence-electron chi connectivity index (χ4n) is 1.68. The highest BCUT2D eigenvalue weighted by molar-refractivity contribution is 5.76. The molecule has 1 aromatic rings. The SMILES string of the molecule is CCOC(=O)Cc1c(CO)ccc(C#N)c1[N+](=O)[O-]. The smallest absolute Gasteiger partial charge is 0.310 e. The van der Waals surface area contributed by atoms with E-state index in [1.807, 2.05) is 0 Å². The molecule has 0 heterocycles. The van der Waals surface area contributed by atoms with E-state index in [1.54, 1.807) is 13.0 Å². The van der Waals surface area contributed by atoms with E-state index in [4.69, 9.17) is 10.00 Å². The van der Waals surface area contributed by atoms with Crippen LogP contribution in [-0.4, -0.2) is 22.6 Å². The van der Waals surface area contributed by atoms with Crippen molar-refractivity contribution in [2.24, 2.45) is 0 Å². The molecule has 0 aliphatic carbocycles. The highest BCUT2D eigenvalue weighted by Crippen LogP contribution is 2.27. The predicted molar refractivity (Wildman–Crippen MR) is 64.1 cm³/mol. The summed E-state index contributed by atoms with van der Waals surface area (Å²) in [4.78, 5) is 21.7. The molecule has 0 saturated heterocycles. The minimum Gasteiger partial charge on any atom is -0.466 e. The molecule has 0 radical (unpaired) electrons. The molecule has 1 rings (SSSR count). The summed E-state index contributed by atoms with van der Waals surface area (Å²) >= 11 is 0. The molecule has 1 N–H and O–H groups in total. The number of ether oxygens (including phenoxy) is 1. The van der Waals surface area contributed by atoms with E-state index in [-0.39, 0.29) is 29.7 Å². The van der Waals surface area contributed by atoms with E-state index in [0.717, 1.165) is 0 Å². The van der Waals surface area contributed by atoms with Crippen LogP contribution in [0.1, 0.15) is 23.6 Å². The molecule has 0 atom stereocenters. The molecular formula is C12H12N2O5. The summed E-state index contributed by atoms with van der Waals surface area (Å²) in [6.07, 6.45) is -0.352. The van der Waals surface area contributed by atoms with Crippen LogP contribution in [0.5, 0.6) is 0 Å². The van der Waals surface area contributed by atoms with Crippen LogP contribution in [0.2, 0.25) is 0 Å². The molecule has 0 spiro atoms. The van der Waals surface area contributed by atoms with Gasteiger partial charge in [-0.2, -0.15) is 5.26 Å². The van der Waals surface area contributed by atoms with Crippen LogP contribution in [0.3, 0.4) is 0 Å². The lowest BCUT2D eigenvalue weighted by Crippen LogP contribution is -2.12. The fourth-order valence-corrected chi connectivity index (χ4v) is 1.68. The largest absolute Gasteiger partial charge is 0.466 e. The number of nitriles is 1.